The van der Waals surface area contributed by atoms with Crippen molar-refractivity contribution >= 4 is 56.8 Å². The summed E-state index contributed by atoms with van der Waals surface area (Å²) in [5.74, 6) is -0.338. The summed E-state index contributed by atoms with van der Waals surface area (Å²) in [6.07, 6.45) is 0. The summed E-state index contributed by atoms with van der Waals surface area (Å²) >= 11 is 16.5. The van der Waals surface area contributed by atoms with Crippen LogP contribution in [-0.2, 0) is 0 Å². The van der Waals surface area contributed by atoms with E-state index in [9.17, 15) is 4.79 Å². The second-order valence-corrected chi connectivity index (χ2v) is 5.85. The van der Waals surface area contributed by atoms with Gasteiger partial charge in [0.05, 0.1) is 0 Å². The first-order valence-corrected chi connectivity index (χ1v) is 7.91. The van der Waals surface area contributed by atoms with Crippen molar-refractivity contribution in [2.45, 2.75) is 5.21 Å². The summed E-state index contributed by atoms with van der Waals surface area (Å²) in [6.45, 7) is 0.426. The van der Waals surface area contributed by atoms with Crippen LogP contribution in [0.25, 0.3) is 0 Å². The molecule has 0 heterocycles. The molecule has 88 valence electrons. The van der Waals surface area contributed by atoms with E-state index >= 15 is 0 Å². The van der Waals surface area contributed by atoms with Crippen molar-refractivity contribution in [2.24, 2.45) is 0 Å². The topological polar surface area (TPSA) is 49.3 Å². The molecule has 16 heavy (non-hydrogen) atoms. The Hall–Kier alpha value is 0.0784. The van der Waals surface area contributed by atoms with Gasteiger partial charge < -0.3 is 0 Å². The average Bonchev–Trinajstić information content (AvgIpc) is 2.23. The molecule has 0 saturated heterocycles. The molecular weight excluding hydrogens is 335 g/mol. The molecule has 1 rings (SSSR count). The molecule has 1 aromatic rings. The zero-order valence-electron chi connectivity index (χ0n) is 8.06. The molecule has 1 amide bonds. The van der Waals surface area contributed by atoms with Gasteiger partial charge in [-0.1, -0.05) is 0 Å². The van der Waals surface area contributed by atoms with Gasteiger partial charge in [0, 0.05) is 0 Å². The normalized spacial score (nSPS) is 11.0. The Kier molecular flexibility index (Phi) is 5.94. The molecule has 2 N–H and O–H groups in total. The molecule has 1 atom stereocenters. The average molecular weight is 344 g/mol. The fraction of sp³-hybridized carbons (Fsp3) is 0.222. The standard InChI is InChI=1S/C9H9AsCl3NO2/c11-5-3-6(8(13)7(12)4-5)9(15)14-2-1-10-16/h3-4,10,16H,1-2H2,(H,14,15). The van der Waals surface area contributed by atoms with E-state index in [1.165, 1.54) is 12.1 Å². The van der Waals surface area contributed by atoms with E-state index in [1.807, 2.05) is 0 Å². The number of amides is 1. The van der Waals surface area contributed by atoms with Crippen LogP contribution in [0.4, 0.5) is 0 Å². The van der Waals surface area contributed by atoms with Crippen LogP contribution in [0.15, 0.2) is 12.1 Å². The molecule has 0 spiro atoms. The van der Waals surface area contributed by atoms with Gasteiger partial charge in [0.1, 0.15) is 0 Å². The summed E-state index contributed by atoms with van der Waals surface area (Å²) in [7, 11) is 0. The monoisotopic (exact) mass is 343 g/mol. The number of nitrogens with one attached hydrogen (secondary N) is 1. The van der Waals surface area contributed by atoms with Crippen molar-refractivity contribution in [3.8, 4) is 0 Å². The Morgan fingerprint density at radius 2 is 2.06 bits per heavy atom. The molecule has 0 saturated carbocycles. The number of carbonyl (C=O) groups is 1. The fourth-order valence-electron chi connectivity index (χ4n) is 1.05. The first-order chi connectivity index (χ1) is 7.56. The maximum absolute atomic E-state index is 11.7. The first-order valence-electron chi connectivity index (χ1n) is 4.36. The van der Waals surface area contributed by atoms with E-state index in [0.29, 0.717) is 16.8 Å². The van der Waals surface area contributed by atoms with E-state index in [-0.39, 0.29) is 21.5 Å². The first kappa shape index (κ1) is 14.1. The Bertz CT molecular complexity index is 401. The summed E-state index contributed by atoms with van der Waals surface area (Å²) in [5, 5.41) is 4.02. The molecule has 0 aromatic heterocycles. The quantitative estimate of drug-likeness (QED) is 0.499. The number of halogens is 3. The van der Waals surface area contributed by atoms with Gasteiger partial charge in [-0.2, -0.15) is 0 Å². The van der Waals surface area contributed by atoms with Crippen LogP contribution >= 0.6 is 34.8 Å². The Morgan fingerprint density at radius 3 is 2.69 bits per heavy atom. The Morgan fingerprint density at radius 1 is 1.38 bits per heavy atom. The van der Waals surface area contributed by atoms with Crippen molar-refractivity contribution in [1.82, 2.24) is 5.32 Å². The molecule has 0 aliphatic heterocycles. The van der Waals surface area contributed by atoms with Crippen LogP contribution in [0.2, 0.25) is 20.3 Å². The fourth-order valence-corrected chi connectivity index (χ4v) is 2.23. The van der Waals surface area contributed by atoms with Gasteiger partial charge >= 0.3 is 116 Å². The van der Waals surface area contributed by atoms with Crippen LogP contribution in [0, 0.1) is 0 Å². The number of hydrogen-bond donors (Lipinski definition) is 2. The van der Waals surface area contributed by atoms with Gasteiger partial charge in [0.2, 0.25) is 0 Å². The Balaban J connectivity index is 2.82. The second-order valence-electron chi connectivity index (χ2n) is 2.91. The van der Waals surface area contributed by atoms with Crippen LogP contribution in [0.3, 0.4) is 0 Å². The number of benzene rings is 1. The van der Waals surface area contributed by atoms with Gasteiger partial charge in [0.25, 0.3) is 0 Å². The van der Waals surface area contributed by atoms with Crippen molar-refractivity contribution in [1.29, 1.82) is 0 Å². The molecule has 3 nitrogen and oxygen atoms in total. The molecule has 1 unspecified atom stereocenters. The van der Waals surface area contributed by atoms with Crippen molar-refractivity contribution < 1.29 is 8.89 Å². The molecule has 0 aliphatic carbocycles. The third-order valence-electron chi connectivity index (χ3n) is 1.76. The summed E-state index contributed by atoms with van der Waals surface area (Å²) in [6, 6.07) is 2.93. The minimum absolute atomic E-state index is 0.184. The van der Waals surface area contributed by atoms with Gasteiger partial charge in [0.15, 0.2) is 0 Å². The summed E-state index contributed by atoms with van der Waals surface area (Å²) in [5.41, 5.74) is 0.247. The zero-order chi connectivity index (χ0) is 12.1. The van der Waals surface area contributed by atoms with E-state index in [4.69, 9.17) is 38.9 Å². The van der Waals surface area contributed by atoms with Crippen LogP contribution < -0.4 is 5.32 Å². The number of rotatable bonds is 4. The SMILES string of the molecule is O=C(NCC[AsH]O)c1cc(Cl)cc(Cl)c1Cl. The molecule has 0 aliphatic rings. The molecule has 7 heteroatoms. The van der Waals surface area contributed by atoms with Crippen molar-refractivity contribution in [3.05, 3.63) is 32.8 Å². The van der Waals surface area contributed by atoms with Crippen molar-refractivity contribution in [3.63, 3.8) is 0 Å². The van der Waals surface area contributed by atoms with Gasteiger partial charge in [-0.05, 0) is 0 Å². The van der Waals surface area contributed by atoms with E-state index in [2.05, 4.69) is 5.32 Å². The molecule has 0 radical (unpaired) electrons. The molecule has 1 aromatic carbocycles. The van der Waals surface area contributed by atoms with E-state index in [0.717, 1.165) is 0 Å². The van der Waals surface area contributed by atoms with Crippen LogP contribution in [-0.4, -0.2) is 32.6 Å². The van der Waals surface area contributed by atoms with Gasteiger partial charge in [-0.3, -0.25) is 0 Å². The summed E-state index contributed by atoms with van der Waals surface area (Å²) in [4.78, 5) is 11.7. The third kappa shape index (κ3) is 3.83. The summed E-state index contributed by atoms with van der Waals surface area (Å²) < 4.78 is 8.70. The predicted molar refractivity (Wildman–Crippen MR) is 68.0 cm³/mol. The molecular formula is C9H9AsCl3NO2. The number of carbonyl (C=O) groups excluding carboxylic acids is 1. The second kappa shape index (κ2) is 6.73. The maximum atomic E-state index is 11.7. The Labute approximate surface area is 115 Å². The minimum atomic E-state index is -0.929. The third-order valence-corrected chi connectivity index (χ3v) is 3.77. The zero-order valence-corrected chi connectivity index (χ0v) is 12.4. The van der Waals surface area contributed by atoms with Crippen LogP contribution in [0.1, 0.15) is 10.4 Å². The predicted octanol–water partition coefficient (Wildman–Crippen LogP) is 2.14. The van der Waals surface area contributed by atoms with Gasteiger partial charge in [-0.25, -0.2) is 0 Å². The molecule has 0 fully saturated rings. The van der Waals surface area contributed by atoms with E-state index in [1.54, 1.807) is 0 Å². The van der Waals surface area contributed by atoms with Crippen LogP contribution in [0.5, 0.6) is 0 Å². The van der Waals surface area contributed by atoms with E-state index < -0.39 is 16.1 Å². The van der Waals surface area contributed by atoms with Crippen molar-refractivity contribution in [2.75, 3.05) is 6.54 Å². The van der Waals surface area contributed by atoms with Gasteiger partial charge in [-0.15, -0.1) is 0 Å². The molecule has 0 bridgehead atoms. The number of hydrogen-bond acceptors (Lipinski definition) is 2.